The van der Waals surface area contributed by atoms with E-state index in [0.29, 0.717) is 25.4 Å². The molecule has 0 spiro atoms. The second-order valence-corrected chi connectivity index (χ2v) is 7.16. The summed E-state index contributed by atoms with van der Waals surface area (Å²) in [5.41, 5.74) is 0. The standard InChI is InChI=1S/C11H21N3O3S/c1-13-5-2-3-9(13)7-11(15)14-6-4-10(8-14)18(12,16)17/h9-10H,2-8H2,1H3,(H2,12,16,17)/t9-,10?/m0/s1. The van der Waals surface area contributed by atoms with Gasteiger partial charge in [-0.15, -0.1) is 0 Å². The molecule has 104 valence electrons. The van der Waals surface area contributed by atoms with Gasteiger partial charge in [-0.3, -0.25) is 4.79 Å². The molecule has 0 aromatic carbocycles. The van der Waals surface area contributed by atoms with Gasteiger partial charge in [-0.2, -0.15) is 0 Å². The number of carbonyl (C=O) groups excluding carboxylic acids is 1. The van der Waals surface area contributed by atoms with Crippen LogP contribution in [0.3, 0.4) is 0 Å². The van der Waals surface area contributed by atoms with Crippen molar-refractivity contribution < 1.29 is 13.2 Å². The maximum Gasteiger partial charge on any atom is 0.224 e. The first-order chi connectivity index (χ1) is 8.38. The molecule has 2 rings (SSSR count). The van der Waals surface area contributed by atoms with Gasteiger partial charge in [0.25, 0.3) is 0 Å². The molecule has 0 radical (unpaired) electrons. The lowest BCUT2D eigenvalue weighted by Gasteiger charge is -2.22. The van der Waals surface area contributed by atoms with E-state index in [0.717, 1.165) is 19.4 Å². The lowest BCUT2D eigenvalue weighted by molar-refractivity contribution is -0.131. The van der Waals surface area contributed by atoms with Gasteiger partial charge < -0.3 is 9.80 Å². The normalized spacial score (nSPS) is 30.0. The Kier molecular flexibility index (Phi) is 3.93. The predicted octanol–water partition coefficient (Wildman–Crippen LogP) is -0.640. The van der Waals surface area contributed by atoms with Crippen LogP contribution in [0.5, 0.6) is 0 Å². The quantitative estimate of drug-likeness (QED) is 0.742. The van der Waals surface area contributed by atoms with E-state index in [1.54, 1.807) is 4.90 Å². The molecular formula is C11H21N3O3S. The fourth-order valence-electron chi connectivity index (χ4n) is 2.79. The predicted molar refractivity (Wildman–Crippen MR) is 68.4 cm³/mol. The van der Waals surface area contributed by atoms with Gasteiger partial charge in [0.2, 0.25) is 15.9 Å². The van der Waals surface area contributed by atoms with E-state index >= 15 is 0 Å². The molecule has 0 aromatic heterocycles. The van der Waals surface area contributed by atoms with E-state index in [1.807, 2.05) is 7.05 Å². The van der Waals surface area contributed by atoms with Crippen LogP contribution in [0.1, 0.15) is 25.7 Å². The zero-order chi connectivity index (χ0) is 13.3. The van der Waals surface area contributed by atoms with Crippen molar-refractivity contribution in [2.45, 2.75) is 37.0 Å². The summed E-state index contributed by atoms with van der Waals surface area (Å²) in [5.74, 6) is 0.0555. The van der Waals surface area contributed by atoms with Crippen molar-refractivity contribution in [3.05, 3.63) is 0 Å². The van der Waals surface area contributed by atoms with E-state index in [1.165, 1.54) is 0 Å². The average molecular weight is 275 g/mol. The molecule has 1 unspecified atom stereocenters. The third-order valence-electron chi connectivity index (χ3n) is 4.04. The molecule has 0 aliphatic carbocycles. The van der Waals surface area contributed by atoms with Gasteiger partial charge >= 0.3 is 0 Å². The number of sulfonamides is 1. The smallest absolute Gasteiger partial charge is 0.224 e. The number of primary sulfonamides is 1. The first-order valence-electron chi connectivity index (χ1n) is 6.37. The molecule has 2 heterocycles. The van der Waals surface area contributed by atoms with Crippen molar-refractivity contribution in [1.29, 1.82) is 0 Å². The van der Waals surface area contributed by atoms with Crippen molar-refractivity contribution in [3.63, 3.8) is 0 Å². The Balaban J connectivity index is 1.88. The number of likely N-dealkylation sites (tertiary alicyclic amines) is 2. The van der Waals surface area contributed by atoms with Crippen LogP contribution in [-0.4, -0.2) is 62.1 Å². The van der Waals surface area contributed by atoms with Crippen molar-refractivity contribution in [2.24, 2.45) is 5.14 Å². The van der Waals surface area contributed by atoms with Crippen LogP contribution in [0.25, 0.3) is 0 Å². The monoisotopic (exact) mass is 275 g/mol. The van der Waals surface area contributed by atoms with E-state index in [9.17, 15) is 13.2 Å². The van der Waals surface area contributed by atoms with Gasteiger partial charge in [0.05, 0.1) is 5.25 Å². The summed E-state index contributed by atoms with van der Waals surface area (Å²) in [4.78, 5) is 15.9. The van der Waals surface area contributed by atoms with Crippen molar-refractivity contribution in [3.8, 4) is 0 Å². The third-order valence-corrected chi connectivity index (χ3v) is 5.36. The minimum Gasteiger partial charge on any atom is -0.341 e. The summed E-state index contributed by atoms with van der Waals surface area (Å²) >= 11 is 0. The molecule has 7 heteroatoms. The molecule has 2 N–H and O–H groups in total. The third kappa shape index (κ3) is 3.02. The van der Waals surface area contributed by atoms with Gasteiger partial charge in [0.15, 0.2) is 0 Å². The number of nitrogens with two attached hydrogens (primary N) is 1. The molecule has 2 fully saturated rings. The fourth-order valence-corrected chi connectivity index (χ4v) is 3.61. The summed E-state index contributed by atoms with van der Waals surface area (Å²) in [7, 11) is -1.48. The maximum atomic E-state index is 12.1. The van der Waals surface area contributed by atoms with E-state index < -0.39 is 15.3 Å². The molecule has 2 saturated heterocycles. The fraction of sp³-hybridized carbons (Fsp3) is 0.909. The zero-order valence-electron chi connectivity index (χ0n) is 10.7. The van der Waals surface area contributed by atoms with Gasteiger partial charge in [-0.25, -0.2) is 13.6 Å². The highest BCUT2D eigenvalue weighted by Gasteiger charge is 2.34. The number of nitrogens with zero attached hydrogens (tertiary/aromatic N) is 2. The molecule has 6 nitrogen and oxygen atoms in total. The first kappa shape index (κ1) is 13.8. The highest BCUT2D eigenvalue weighted by Crippen LogP contribution is 2.21. The van der Waals surface area contributed by atoms with Crippen LogP contribution in [-0.2, 0) is 14.8 Å². The van der Waals surface area contributed by atoms with Gasteiger partial charge in [0.1, 0.15) is 0 Å². The molecular weight excluding hydrogens is 254 g/mol. The molecule has 2 aliphatic rings. The average Bonchev–Trinajstić information content (AvgIpc) is 2.87. The van der Waals surface area contributed by atoms with Crippen molar-refractivity contribution in [1.82, 2.24) is 9.80 Å². The highest BCUT2D eigenvalue weighted by molar-refractivity contribution is 7.89. The van der Waals surface area contributed by atoms with E-state index in [2.05, 4.69) is 4.90 Å². The number of hydrogen-bond donors (Lipinski definition) is 1. The number of hydrogen-bond acceptors (Lipinski definition) is 4. The molecule has 0 bridgehead atoms. The summed E-state index contributed by atoms with van der Waals surface area (Å²) in [5, 5.41) is 4.53. The minimum atomic E-state index is -3.51. The maximum absolute atomic E-state index is 12.1. The topological polar surface area (TPSA) is 83.7 Å². The first-order valence-corrected chi connectivity index (χ1v) is 7.98. The Morgan fingerprint density at radius 1 is 1.33 bits per heavy atom. The molecule has 1 amide bonds. The summed E-state index contributed by atoms with van der Waals surface area (Å²) in [6.07, 6.45) is 3.14. The Labute approximate surface area is 108 Å². The molecule has 0 saturated carbocycles. The number of amides is 1. The number of carbonyl (C=O) groups is 1. The van der Waals surface area contributed by atoms with Gasteiger partial charge in [-0.05, 0) is 32.9 Å². The number of rotatable bonds is 3. The van der Waals surface area contributed by atoms with E-state index in [-0.39, 0.29) is 12.5 Å². The Morgan fingerprint density at radius 3 is 2.56 bits per heavy atom. The second-order valence-electron chi connectivity index (χ2n) is 5.32. The Morgan fingerprint density at radius 2 is 2.06 bits per heavy atom. The van der Waals surface area contributed by atoms with E-state index in [4.69, 9.17) is 5.14 Å². The minimum absolute atomic E-state index is 0.0555. The molecule has 2 aliphatic heterocycles. The molecule has 2 atom stereocenters. The summed E-state index contributed by atoms with van der Waals surface area (Å²) in [6, 6.07) is 0.311. The van der Waals surface area contributed by atoms with Crippen LogP contribution < -0.4 is 5.14 Å². The highest BCUT2D eigenvalue weighted by atomic mass is 32.2. The van der Waals surface area contributed by atoms with Crippen LogP contribution >= 0.6 is 0 Å². The van der Waals surface area contributed by atoms with Crippen LogP contribution in [0.4, 0.5) is 0 Å². The zero-order valence-corrected chi connectivity index (χ0v) is 11.5. The van der Waals surface area contributed by atoms with Crippen LogP contribution in [0.2, 0.25) is 0 Å². The van der Waals surface area contributed by atoms with Gasteiger partial charge in [-0.1, -0.05) is 0 Å². The Bertz CT molecular complexity index is 423. The van der Waals surface area contributed by atoms with Crippen molar-refractivity contribution >= 4 is 15.9 Å². The largest absolute Gasteiger partial charge is 0.341 e. The second kappa shape index (κ2) is 5.14. The SMILES string of the molecule is CN1CCC[C@H]1CC(=O)N1CCC(S(N)(=O)=O)C1. The molecule has 0 aromatic rings. The molecule has 18 heavy (non-hydrogen) atoms. The summed E-state index contributed by atoms with van der Waals surface area (Å²) < 4.78 is 22.5. The van der Waals surface area contributed by atoms with Crippen molar-refractivity contribution in [2.75, 3.05) is 26.7 Å². The lowest BCUT2D eigenvalue weighted by Crippen LogP contribution is -2.37. The van der Waals surface area contributed by atoms with Crippen LogP contribution in [0.15, 0.2) is 0 Å². The van der Waals surface area contributed by atoms with Gasteiger partial charge in [0, 0.05) is 25.6 Å². The Hall–Kier alpha value is -0.660. The lowest BCUT2D eigenvalue weighted by atomic mass is 10.1. The van der Waals surface area contributed by atoms with Crippen LogP contribution in [0, 0.1) is 0 Å². The summed E-state index contributed by atoms with van der Waals surface area (Å²) in [6.45, 7) is 1.81.